The number of aliphatic hydroxyl groups is 2. The third kappa shape index (κ3) is 5.80. The smallest absolute Gasteiger partial charge is 0.0605 e. The average Bonchev–Trinajstić information content (AvgIpc) is 3.17. The number of hydrogen-bond acceptors (Lipinski definition) is 2. The number of hydrogen-bond donors (Lipinski definition) is 2. The minimum absolute atomic E-state index is 0.249. The molecule has 172 valence electrons. The molecule has 0 aliphatic heterocycles. The maximum Gasteiger partial charge on any atom is 0.0605 e. The van der Waals surface area contributed by atoms with E-state index in [2.05, 4.69) is 39.0 Å². The van der Waals surface area contributed by atoms with Crippen molar-refractivity contribution in [1.29, 1.82) is 0 Å². The SMILES string of the molecule is CC/C=C/C1C[C@@H](C(O)CC)C(C2=CCCCC2)[C@H]1C(O)C(C)CC1CCCCC1. The maximum absolute atomic E-state index is 11.7. The molecule has 0 aromatic rings. The van der Waals surface area contributed by atoms with Crippen molar-refractivity contribution in [3.63, 3.8) is 0 Å². The highest BCUT2D eigenvalue weighted by atomic mass is 16.3. The molecule has 30 heavy (non-hydrogen) atoms. The van der Waals surface area contributed by atoms with Crippen molar-refractivity contribution in [2.75, 3.05) is 0 Å². The summed E-state index contributed by atoms with van der Waals surface area (Å²) >= 11 is 0. The van der Waals surface area contributed by atoms with Crippen LogP contribution in [0.1, 0.15) is 104 Å². The van der Waals surface area contributed by atoms with E-state index in [1.54, 1.807) is 5.57 Å². The van der Waals surface area contributed by atoms with Gasteiger partial charge in [0, 0.05) is 0 Å². The molecule has 2 fully saturated rings. The first-order chi connectivity index (χ1) is 14.6. The first-order valence-corrected chi connectivity index (χ1v) is 13.3. The van der Waals surface area contributed by atoms with Gasteiger partial charge in [-0.2, -0.15) is 0 Å². The molecule has 3 aliphatic carbocycles. The van der Waals surface area contributed by atoms with Gasteiger partial charge in [-0.1, -0.05) is 76.7 Å². The molecule has 2 saturated carbocycles. The summed E-state index contributed by atoms with van der Waals surface area (Å²) in [6.45, 7) is 6.61. The lowest BCUT2D eigenvalue weighted by Crippen LogP contribution is -2.38. The summed E-state index contributed by atoms with van der Waals surface area (Å²) in [7, 11) is 0. The molecule has 2 nitrogen and oxygen atoms in total. The molecule has 0 aromatic heterocycles. The standard InChI is InChI=1S/C28H48O2/c1-4-6-15-23-19-24(25(29)5-2)26(22-16-11-8-12-17-22)27(23)28(30)20(3)18-21-13-9-7-10-14-21/h6,15-16,20-21,23-30H,4-5,7-14,17-19H2,1-3H3/b15-6+/t20?,23?,24-,25?,26?,27-,28?/m0/s1. The molecule has 3 rings (SSSR count). The molecule has 0 aromatic carbocycles. The van der Waals surface area contributed by atoms with E-state index in [4.69, 9.17) is 0 Å². The highest BCUT2D eigenvalue weighted by Crippen LogP contribution is 2.52. The van der Waals surface area contributed by atoms with Crippen LogP contribution in [-0.4, -0.2) is 22.4 Å². The first kappa shape index (κ1) is 24.1. The van der Waals surface area contributed by atoms with Gasteiger partial charge in [-0.05, 0) is 86.9 Å². The van der Waals surface area contributed by atoms with Gasteiger partial charge < -0.3 is 10.2 Å². The largest absolute Gasteiger partial charge is 0.393 e. The van der Waals surface area contributed by atoms with E-state index < -0.39 is 0 Å². The molecular weight excluding hydrogens is 368 g/mol. The van der Waals surface area contributed by atoms with Crippen molar-refractivity contribution in [3.05, 3.63) is 23.8 Å². The normalized spacial score (nSPS) is 34.1. The quantitative estimate of drug-likeness (QED) is 0.395. The lowest BCUT2D eigenvalue weighted by Gasteiger charge is -2.38. The molecule has 2 N–H and O–H groups in total. The summed E-state index contributed by atoms with van der Waals surface area (Å²) in [5, 5.41) is 22.7. The zero-order chi connectivity index (χ0) is 21.5. The van der Waals surface area contributed by atoms with Crippen LogP contribution in [0.5, 0.6) is 0 Å². The van der Waals surface area contributed by atoms with Gasteiger partial charge in [-0.3, -0.25) is 0 Å². The monoisotopic (exact) mass is 416 g/mol. The highest BCUT2D eigenvalue weighted by Gasteiger charge is 2.49. The Labute approximate surface area is 186 Å². The molecule has 7 atom stereocenters. The summed E-state index contributed by atoms with van der Waals surface area (Å²) in [4.78, 5) is 0. The Morgan fingerprint density at radius 1 is 1.07 bits per heavy atom. The third-order valence-corrected chi connectivity index (χ3v) is 8.61. The molecule has 0 amide bonds. The average molecular weight is 417 g/mol. The van der Waals surface area contributed by atoms with Crippen molar-refractivity contribution in [3.8, 4) is 0 Å². The molecular formula is C28H48O2. The van der Waals surface area contributed by atoms with Crippen LogP contribution in [-0.2, 0) is 0 Å². The zero-order valence-corrected chi connectivity index (χ0v) is 19.9. The fourth-order valence-electron chi connectivity index (χ4n) is 7.01. The first-order valence-electron chi connectivity index (χ1n) is 13.3. The molecule has 2 heteroatoms. The number of allylic oxidation sites excluding steroid dienone is 4. The molecule has 3 aliphatic rings. The van der Waals surface area contributed by atoms with E-state index in [0.717, 1.165) is 25.2 Å². The van der Waals surface area contributed by atoms with E-state index >= 15 is 0 Å². The van der Waals surface area contributed by atoms with Gasteiger partial charge in [-0.15, -0.1) is 0 Å². The van der Waals surface area contributed by atoms with Crippen molar-refractivity contribution in [2.45, 2.75) is 116 Å². The number of aliphatic hydroxyl groups excluding tert-OH is 2. The minimum Gasteiger partial charge on any atom is -0.393 e. The second-order valence-electron chi connectivity index (χ2n) is 10.7. The fraction of sp³-hybridized carbons (Fsp3) is 0.857. The van der Waals surface area contributed by atoms with Crippen molar-refractivity contribution >= 4 is 0 Å². The number of rotatable bonds is 9. The highest BCUT2D eigenvalue weighted by molar-refractivity contribution is 5.19. The predicted octanol–water partition coefficient (Wildman–Crippen LogP) is 7.06. The van der Waals surface area contributed by atoms with Crippen LogP contribution in [0.25, 0.3) is 0 Å². The van der Waals surface area contributed by atoms with Gasteiger partial charge in [-0.25, -0.2) is 0 Å². The van der Waals surface area contributed by atoms with Crippen LogP contribution in [0, 0.1) is 35.5 Å². The van der Waals surface area contributed by atoms with Gasteiger partial charge in [0.25, 0.3) is 0 Å². The summed E-state index contributed by atoms with van der Waals surface area (Å²) in [5.74, 6) is 2.47. The topological polar surface area (TPSA) is 40.5 Å². The Morgan fingerprint density at radius 3 is 2.47 bits per heavy atom. The molecule has 5 unspecified atom stereocenters. The molecule has 0 saturated heterocycles. The second kappa shape index (κ2) is 11.9. The lowest BCUT2D eigenvalue weighted by atomic mass is 9.70. The van der Waals surface area contributed by atoms with E-state index in [-0.39, 0.29) is 18.1 Å². The van der Waals surface area contributed by atoms with Crippen LogP contribution in [0.4, 0.5) is 0 Å². The third-order valence-electron chi connectivity index (χ3n) is 8.61. The van der Waals surface area contributed by atoms with Crippen molar-refractivity contribution in [2.24, 2.45) is 35.5 Å². The van der Waals surface area contributed by atoms with Crippen LogP contribution in [0.15, 0.2) is 23.8 Å². The Bertz CT molecular complexity index is 559. The lowest BCUT2D eigenvalue weighted by molar-refractivity contribution is 0.00857. The summed E-state index contributed by atoms with van der Waals surface area (Å²) in [6, 6.07) is 0. The Hall–Kier alpha value is -0.600. The van der Waals surface area contributed by atoms with Crippen LogP contribution in [0.2, 0.25) is 0 Å². The predicted molar refractivity (Wildman–Crippen MR) is 127 cm³/mol. The van der Waals surface area contributed by atoms with E-state index in [9.17, 15) is 10.2 Å². The van der Waals surface area contributed by atoms with E-state index in [1.807, 2.05) is 0 Å². The van der Waals surface area contributed by atoms with Crippen LogP contribution >= 0.6 is 0 Å². The second-order valence-corrected chi connectivity index (χ2v) is 10.7. The molecule has 0 spiro atoms. The van der Waals surface area contributed by atoms with E-state index in [1.165, 1.54) is 64.2 Å². The maximum atomic E-state index is 11.7. The van der Waals surface area contributed by atoms with Crippen molar-refractivity contribution < 1.29 is 10.2 Å². The summed E-state index contributed by atoms with van der Waals surface area (Å²) in [5.41, 5.74) is 1.56. The van der Waals surface area contributed by atoms with Gasteiger partial charge in [0.15, 0.2) is 0 Å². The summed E-state index contributed by atoms with van der Waals surface area (Å²) < 4.78 is 0. The van der Waals surface area contributed by atoms with Gasteiger partial charge in [0.05, 0.1) is 12.2 Å². The van der Waals surface area contributed by atoms with Gasteiger partial charge in [0.1, 0.15) is 0 Å². The van der Waals surface area contributed by atoms with Crippen LogP contribution in [0.3, 0.4) is 0 Å². The Balaban J connectivity index is 1.85. The minimum atomic E-state index is -0.264. The van der Waals surface area contributed by atoms with Crippen molar-refractivity contribution in [1.82, 2.24) is 0 Å². The Kier molecular flexibility index (Phi) is 9.51. The Morgan fingerprint density at radius 2 is 1.83 bits per heavy atom. The van der Waals surface area contributed by atoms with Gasteiger partial charge >= 0.3 is 0 Å². The zero-order valence-electron chi connectivity index (χ0n) is 19.9. The van der Waals surface area contributed by atoms with E-state index in [0.29, 0.717) is 23.7 Å². The molecule has 0 bridgehead atoms. The fourth-order valence-corrected chi connectivity index (χ4v) is 7.01. The molecule has 0 heterocycles. The van der Waals surface area contributed by atoms with Crippen LogP contribution < -0.4 is 0 Å². The molecule has 0 radical (unpaired) electrons. The van der Waals surface area contributed by atoms with Gasteiger partial charge in [0.2, 0.25) is 0 Å². The summed E-state index contributed by atoms with van der Waals surface area (Å²) in [6.07, 6.45) is 22.5.